The van der Waals surface area contributed by atoms with Gasteiger partial charge in [-0.2, -0.15) is 10.2 Å². The zero-order valence-corrected chi connectivity index (χ0v) is 19.2. The van der Waals surface area contributed by atoms with E-state index in [1.54, 1.807) is 24.4 Å². The zero-order chi connectivity index (χ0) is 24.4. The smallest absolute Gasteiger partial charge is 0.267 e. The number of hydrogen-bond donors (Lipinski definition) is 1. The highest BCUT2D eigenvalue weighted by molar-refractivity contribution is 6.07. The molecule has 0 atom stereocenters. The summed E-state index contributed by atoms with van der Waals surface area (Å²) in [5.41, 5.74) is 8.53. The summed E-state index contributed by atoms with van der Waals surface area (Å²) in [6.45, 7) is 3.86. The molecule has 5 rings (SSSR count). The molecule has 0 radical (unpaired) electrons. The van der Waals surface area contributed by atoms with E-state index >= 15 is 0 Å². The van der Waals surface area contributed by atoms with Crippen LogP contribution in [0.4, 0.5) is 4.39 Å². The monoisotopic (exact) mass is 463 g/mol. The summed E-state index contributed by atoms with van der Waals surface area (Å²) in [6.07, 6.45) is 1.61. The molecule has 0 fully saturated rings. The molecule has 3 aromatic carbocycles. The molecular weight excluding hydrogens is 441 g/mol. The van der Waals surface area contributed by atoms with Crippen LogP contribution in [0, 0.1) is 19.7 Å². The number of carbonyl (C=O) groups excluding carboxylic acids is 1. The fraction of sp³-hybridized carbons (Fsp3) is 0.0714. The fourth-order valence-electron chi connectivity index (χ4n) is 4.01. The predicted molar refractivity (Wildman–Crippen MR) is 135 cm³/mol. The summed E-state index contributed by atoms with van der Waals surface area (Å²) in [7, 11) is 0. The second kappa shape index (κ2) is 9.30. The summed E-state index contributed by atoms with van der Waals surface area (Å²) in [5.74, 6) is -0.697. The number of para-hydroxylation sites is 2. The Morgan fingerprint density at radius 3 is 2.46 bits per heavy atom. The Balaban J connectivity index is 1.45. The molecule has 2 aromatic heterocycles. The van der Waals surface area contributed by atoms with Gasteiger partial charge in [0.05, 0.1) is 40.1 Å². The third-order valence-electron chi connectivity index (χ3n) is 5.81. The van der Waals surface area contributed by atoms with Gasteiger partial charge in [0.2, 0.25) is 0 Å². The molecule has 5 aromatic rings. The van der Waals surface area contributed by atoms with E-state index in [0.717, 1.165) is 22.6 Å². The third kappa shape index (κ3) is 4.44. The van der Waals surface area contributed by atoms with Crippen LogP contribution in [0.1, 0.15) is 27.3 Å². The van der Waals surface area contributed by atoms with Crippen LogP contribution in [0.5, 0.6) is 0 Å². The maximum absolute atomic E-state index is 13.4. The van der Waals surface area contributed by atoms with Crippen molar-refractivity contribution in [1.82, 2.24) is 20.2 Å². The van der Waals surface area contributed by atoms with Crippen LogP contribution >= 0.6 is 0 Å². The van der Waals surface area contributed by atoms with E-state index in [0.29, 0.717) is 27.7 Å². The number of pyridine rings is 1. The minimum atomic E-state index is -0.367. The second-order valence-electron chi connectivity index (χ2n) is 8.11. The Bertz CT molecular complexity index is 1560. The summed E-state index contributed by atoms with van der Waals surface area (Å²) in [5, 5.41) is 9.53. The molecule has 0 saturated heterocycles. The van der Waals surface area contributed by atoms with Crippen LogP contribution in [-0.2, 0) is 0 Å². The van der Waals surface area contributed by atoms with Crippen molar-refractivity contribution in [2.75, 3.05) is 0 Å². The first-order chi connectivity index (χ1) is 17.0. The molecule has 1 amide bonds. The van der Waals surface area contributed by atoms with Gasteiger partial charge in [-0.3, -0.25) is 4.79 Å². The van der Waals surface area contributed by atoms with Crippen LogP contribution < -0.4 is 5.43 Å². The number of nitrogens with one attached hydrogen (secondary N) is 1. The number of aromatic nitrogens is 3. The average molecular weight is 464 g/mol. The predicted octanol–water partition coefficient (Wildman–Crippen LogP) is 5.61. The summed E-state index contributed by atoms with van der Waals surface area (Å²) in [6, 6.07) is 25.0. The van der Waals surface area contributed by atoms with Crippen molar-refractivity contribution in [2.24, 2.45) is 5.10 Å². The standard InChI is InChI=1S/C28H22FN5O/c1-18-25(19(2)34(33-18)22-8-4-3-5-9-22)17-30-32-28(35)24-16-27(20-12-14-21(29)15-13-20)31-26-11-7-6-10-23(24)26/h3-17H,1-2H3,(H,32,35). The molecular formula is C28H22FN5O. The first-order valence-corrected chi connectivity index (χ1v) is 11.1. The molecule has 6 nitrogen and oxygen atoms in total. The fourth-order valence-corrected chi connectivity index (χ4v) is 4.01. The van der Waals surface area contributed by atoms with E-state index in [-0.39, 0.29) is 11.7 Å². The Morgan fingerprint density at radius 2 is 1.69 bits per heavy atom. The number of aryl methyl sites for hydroxylation is 1. The Labute approximate surface area is 201 Å². The molecule has 0 aliphatic rings. The van der Waals surface area contributed by atoms with Crippen molar-refractivity contribution in [2.45, 2.75) is 13.8 Å². The first kappa shape index (κ1) is 22.2. The first-order valence-electron chi connectivity index (χ1n) is 11.1. The highest BCUT2D eigenvalue weighted by Crippen LogP contribution is 2.25. The van der Waals surface area contributed by atoms with Gasteiger partial charge in [-0.1, -0.05) is 36.4 Å². The van der Waals surface area contributed by atoms with Crippen LogP contribution in [-0.4, -0.2) is 26.9 Å². The molecule has 0 unspecified atom stereocenters. The van der Waals surface area contributed by atoms with Crippen molar-refractivity contribution < 1.29 is 9.18 Å². The Hall–Kier alpha value is -4.65. The van der Waals surface area contributed by atoms with Gasteiger partial charge in [0.15, 0.2) is 0 Å². The molecule has 35 heavy (non-hydrogen) atoms. The van der Waals surface area contributed by atoms with E-state index in [4.69, 9.17) is 0 Å². The van der Waals surface area contributed by atoms with E-state index in [9.17, 15) is 9.18 Å². The number of nitrogens with zero attached hydrogens (tertiary/aromatic N) is 4. The highest BCUT2D eigenvalue weighted by Gasteiger charge is 2.15. The van der Waals surface area contributed by atoms with Crippen molar-refractivity contribution >= 4 is 23.0 Å². The number of hydrazone groups is 1. The molecule has 0 aliphatic heterocycles. The molecule has 1 N–H and O–H groups in total. The van der Waals surface area contributed by atoms with Crippen molar-refractivity contribution in [3.05, 3.63) is 113 Å². The second-order valence-corrected chi connectivity index (χ2v) is 8.11. The molecule has 0 spiro atoms. The average Bonchev–Trinajstić information content (AvgIpc) is 3.17. The van der Waals surface area contributed by atoms with Crippen molar-refractivity contribution in [1.29, 1.82) is 0 Å². The number of halogens is 1. The lowest BCUT2D eigenvalue weighted by atomic mass is 10.0. The number of carbonyl (C=O) groups is 1. The van der Waals surface area contributed by atoms with Crippen LogP contribution in [0.15, 0.2) is 90.0 Å². The number of amides is 1. The Kier molecular flexibility index (Phi) is 5.89. The maximum atomic E-state index is 13.4. The van der Waals surface area contributed by atoms with E-state index in [1.807, 2.05) is 73.1 Å². The molecule has 0 aliphatic carbocycles. The minimum Gasteiger partial charge on any atom is -0.267 e. The number of hydrogen-bond acceptors (Lipinski definition) is 4. The largest absolute Gasteiger partial charge is 0.272 e. The van der Waals surface area contributed by atoms with Gasteiger partial charge >= 0.3 is 0 Å². The van der Waals surface area contributed by atoms with E-state index in [1.165, 1.54) is 12.1 Å². The van der Waals surface area contributed by atoms with Crippen molar-refractivity contribution in [3.8, 4) is 16.9 Å². The SMILES string of the molecule is Cc1nn(-c2ccccc2)c(C)c1C=NNC(=O)c1cc(-c2ccc(F)cc2)nc2ccccc12. The van der Waals surface area contributed by atoms with Gasteiger partial charge < -0.3 is 0 Å². The topological polar surface area (TPSA) is 72.2 Å². The molecule has 172 valence electrons. The van der Waals surface area contributed by atoms with Crippen molar-refractivity contribution in [3.63, 3.8) is 0 Å². The van der Waals surface area contributed by atoms with Gasteiger partial charge in [-0.25, -0.2) is 19.5 Å². The zero-order valence-electron chi connectivity index (χ0n) is 19.2. The lowest BCUT2D eigenvalue weighted by molar-refractivity contribution is 0.0956. The summed E-state index contributed by atoms with van der Waals surface area (Å²) in [4.78, 5) is 17.8. The summed E-state index contributed by atoms with van der Waals surface area (Å²) >= 11 is 0. The molecule has 0 saturated carbocycles. The summed E-state index contributed by atoms with van der Waals surface area (Å²) < 4.78 is 15.2. The normalized spacial score (nSPS) is 11.3. The molecule has 7 heteroatoms. The molecule has 2 heterocycles. The van der Waals surface area contributed by atoms with Gasteiger partial charge in [0.25, 0.3) is 5.91 Å². The number of rotatable bonds is 5. The number of benzene rings is 3. The van der Waals surface area contributed by atoms with Gasteiger partial charge in [0.1, 0.15) is 5.82 Å². The van der Waals surface area contributed by atoms with Crippen LogP contribution in [0.2, 0.25) is 0 Å². The lowest BCUT2D eigenvalue weighted by Gasteiger charge is -2.09. The van der Waals surface area contributed by atoms with E-state index < -0.39 is 0 Å². The van der Waals surface area contributed by atoms with Gasteiger partial charge in [-0.05, 0) is 62.4 Å². The Morgan fingerprint density at radius 1 is 0.971 bits per heavy atom. The highest BCUT2D eigenvalue weighted by atomic mass is 19.1. The lowest BCUT2D eigenvalue weighted by Crippen LogP contribution is -2.18. The number of fused-ring (bicyclic) bond motifs is 1. The molecule has 0 bridgehead atoms. The van der Waals surface area contributed by atoms with Gasteiger partial charge in [-0.15, -0.1) is 0 Å². The van der Waals surface area contributed by atoms with Crippen LogP contribution in [0.25, 0.3) is 27.8 Å². The van der Waals surface area contributed by atoms with Gasteiger partial charge in [0, 0.05) is 16.5 Å². The third-order valence-corrected chi connectivity index (χ3v) is 5.81. The quantitative estimate of drug-likeness (QED) is 0.272. The minimum absolute atomic E-state index is 0.331. The maximum Gasteiger partial charge on any atom is 0.272 e. The van der Waals surface area contributed by atoms with Crippen LogP contribution in [0.3, 0.4) is 0 Å². The van der Waals surface area contributed by atoms with E-state index in [2.05, 4.69) is 20.6 Å².